The lowest BCUT2D eigenvalue weighted by Crippen LogP contribution is -2.27. The van der Waals surface area contributed by atoms with Crippen LogP contribution < -0.4 is 4.90 Å². The van der Waals surface area contributed by atoms with Crippen LogP contribution >= 0.6 is 0 Å². The second-order valence-corrected chi connectivity index (χ2v) is 7.20. The van der Waals surface area contributed by atoms with Crippen molar-refractivity contribution in [2.45, 2.75) is 51.4 Å². The minimum atomic E-state index is -0.260. The quantitative estimate of drug-likeness (QED) is 0.236. The van der Waals surface area contributed by atoms with Crippen LogP contribution in [0.5, 0.6) is 0 Å². The Labute approximate surface area is 175 Å². The van der Waals surface area contributed by atoms with Crippen molar-refractivity contribution in [2.24, 2.45) is 0 Å². The first kappa shape index (κ1) is 21.6. The average molecular weight is 416 g/mol. The van der Waals surface area contributed by atoms with Crippen molar-refractivity contribution >= 4 is 12.4 Å². The monoisotopic (exact) mass is 416 g/mol. The van der Waals surface area contributed by atoms with Gasteiger partial charge in [0.05, 0.1) is 19.0 Å². The van der Waals surface area contributed by atoms with E-state index in [0.29, 0.717) is 29.8 Å². The maximum Gasteiger partial charge on any atom is 0.325 e. The fraction of sp³-hybridized carbons (Fsp3) is 0.476. The normalized spacial score (nSPS) is 16.2. The van der Waals surface area contributed by atoms with E-state index < -0.39 is 0 Å². The maximum atomic E-state index is 10.9. The number of anilines is 1. The summed E-state index contributed by atoms with van der Waals surface area (Å²) in [6.07, 6.45) is 16.6. The average Bonchev–Trinajstić information content (AvgIpc) is 3.28. The molecule has 2 heterocycles. The SMILES string of the molecule is CCCCCC(CN(O)C=O)c1nnc(N(CC2=CC=CCC2)C2=COC=CO2)o1. The van der Waals surface area contributed by atoms with Crippen LogP contribution in [0.1, 0.15) is 57.3 Å². The lowest BCUT2D eigenvalue weighted by atomic mass is 10.0. The number of carbonyl (C=O) groups is 1. The Bertz CT molecular complexity index is 814. The van der Waals surface area contributed by atoms with Gasteiger partial charge < -0.3 is 13.9 Å². The summed E-state index contributed by atoms with van der Waals surface area (Å²) >= 11 is 0. The molecule has 1 aliphatic heterocycles. The molecule has 0 aromatic carbocycles. The van der Waals surface area contributed by atoms with Crippen LogP contribution in [-0.2, 0) is 14.3 Å². The molecule has 0 saturated carbocycles. The summed E-state index contributed by atoms with van der Waals surface area (Å²) in [7, 11) is 0. The molecule has 0 fully saturated rings. The molecule has 2 aliphatic rings. The predicted molar refractivity (Wildman–Crippen MR) is 109 cm³/mol. The molecule has 1 atom stereocenters. The number of nitrogens with zero attached hydrogens (tertiary/aromatic N) is 4. The van der Waals surface area contributed by atoms with E-state index in [1.165, 1.54) is 24.4 Å². The molecule has 9 heteroatoms. The van der Waals surface area contributed by atoms with Gasteiger partial charge in [0.25, 0.3) is 0 Å². The lowest BCUT2D eigenvalue weighted by Gasteiger charge is -2.24. The van der Waals surface area contributed by atoms with Gasteiger partial charge in [-0.05, 0) is 24.8 Å². The molecule has 1 N–H and O–H groups in total. The second kappa shape index (κ2) is 11.2. The van der Waals surface area contributed by atoms with Crippen molar-refractivity contribution in [3.05, 3.63) is 54.4 Å². The van der Waals surface area contributed by atoms with Gasteiger partial charge in [0, 0.05) is 0 Å². The number of hydroxylamine groups is 2. The summed E-state index contributed by atoms with van der Waals surface area (Å²) in [5.74, 6) is 0.545. The van der Waals surface area contributed by atoms with Crippen LogP contribution in [0.25, 0.3) is 0 Å². The fourth-order valence-corrected chi connectivity index (χ4v) is 3.31. The van der Waals surface area contributed by atoms with Gasteiger partial charge in [-0.25, -0.2) is 5.06 Å². The van der Waals surface area contributed by atoms with E-state index in [1.54, 1.807) is 4.90 Å². The molecule has 0 saturated heterocycles. The molecule has 9 nitrogen and oxygen atoms in total. The number of hydrogen-bond donors (Lipinski definition) is 1. The van der Waals surface area contributed by atoms with Crippen molar-refractivity contribution in [3.63, 3.8) is 0 Å². The van der Waals surface area contributed by atoms with Gasteiger partial charge in [0.2, 0.25) is 18.2 Å². The third kappa shape index (κ3) is 5.96. The van der Waals surface area contributed by atoms with Crippen molar-refractivity contribution < 1.29 is 23.9 Å². The number of hydrogen-bond acceptors (Lipinski definition) is 8. The summed E-state index contributed by atoms with van der Waals surface area (Å²) in [6, 6.07) is 0.265. The Morgan fingerprint density at radius 2 is 2.20 bits per heavy atom. The summed E-state index contributed by atoms with van der Waals surface area (Å²) in [5, 5.41) is 18.7. The summed E-state index contributed by atoms with van der Waals surface area (Å²) < 4.78 is 16.8. The number of rotatable bonds is 12. The first-order chi connectivity index (χ1) is 14.7. The predicted octanol–water partition coefficient (Wildman–Crippen LogP) is 3.98. The molecule has 1 aromatic rings. The zero-order valence-corrected chi connectivity index (χ0v) is 17.1. The third-order valence-electron chi connectivity index (χ3n) is 4.91. The van der Waals surface area contributed by atoms with Crippen molar-refractivity contribution in [2.75, 3.05) is 18.0 Å². The minimum Gasteiger partial charge on any atom is -0.464 e. The van der Waals surface area contributed by atoms with Gasteiger partial charge >= 0.3 is 6.01 Å². The molecule has 30 heavy (non-hydrogen) atoms. The van der Waals surface area contributed by atoms with Crippen LogP contribution in [0.15, 0.2) is 52.9 Å². The highest BCUT2D eigenvalue weighted by atomic mass is 16.5. The molecule has 0 radical (unpaired) electrons. The zero-order valence-electron chi connectivity index (χ0n) is 17.1. The first-order valence-electron chi connectivity index (χ1n) is 10.2. The number of allylic oxidation sites excluding steroid dienone is 3. The van der Waals surface area contributed by atoms with Crippen LogP contribution in [0, 0.1) is 0 Å². The third-order valence-corrected chi connectivity index (χ3v) is 4.91. The smallest absolute Gasteiger partial charge is 0.325 e. The minimum absolute atomic E-state index is 0.0931. The Balaban J connectivity index is 1.81. The van der Waals surface area contributed by atoms with Crippen molar-refractivity contribution in [3.8, 4) is 0 Å². The molecule has 0 bridgehead atoms. The topological polar surface area (TPSA) is 101 Å². The number of ether oxygens (including phenoxy) is 2. The Morgan fingerprint density at radius 3 is 2.90 bits per heavy atom. The number of amides is 1. The molecule has 162 valence electrons. The zero-order chi connectivity index (χ0) is 21.2. The molecule has 1 aliphatic carbocycles. The number of unbranched alkanes of at least 4 members (excludes halogenated alkanes) is 2. The summed E-state index contributed by atoms with van der Waals surface area (Å²) in [5.41, 5.74) is 1.19. The van der Waals surface area contributed by atoms with E-state index in [1.807, 2.05) is 6.08 Å². The number of carbonyl (C=O) groups excluding carboxylic acids is 1. The van der Waals surface area contributed by atoms with Gasteiger partial charge in [-0.1, -0.05) is 49.5 Å². The molecule has 0 spiro atoms. The Morgan fingerprint density at radius 1 is 1.30 bits per heavy atom. The van der Waals surface area contributed by atoms with E-state index >= 15 is 0 Å². The standard InChI is InChI=1S/C21H28N4O5/c1-2-3-5-10-18(14-24(27)16-26)20-22-23-21(30-20)25(19-15-28-11-12-29-19)13-17-8-6-4-7-9-17/h4,6,8,11-12,15-16,18,27H,2-3,5,7,9-10,13-14H2,1H3. The van der Waals surface area contributed by atoms with Gasteiger partial charge in [-0.2, -0.15) is 0 Å². The Hall–Kier alpha value is -3.07. The van der Waals surface area contributed by atoms with E-state index in [2.05, 4.69) is 29.3 Å². The molecule has 1 amide bonds. The van der Waals surface area contributed by atoms with Crippen molar-refractivity contribution in [1.82, 2.24) is 15.3 Å². The van der Waals surface area contributed by atoms with Gasteiger partial charge in [0.15, 0.2) is 6.26 Å². The second-order valence-electron chi connectivity index (χ2n) is 7.20. The van der Waals surface area contributed by atoms with Crippen LogP contribution in [-0.4, -0.2) is 40.0 Å². The molecular weight excluding hydrogens is 388 g/mol. The molecule has 1 unspecified atom stereocenters. The van der Waals surface area contributed by atoms with Gasteiger partial charge in [-0.15, -0.1) is 5.10 Å². The molecule has 1 aromatic heterocycles. The van der Waals surface area contributed by atoms with E-state index in [9.17, 15) is 10.0 Å². The highest BCUT2D eigenvalue weighted by Crippen LogP contribution is 2.28. The molecule has 3 rings (SSSR count). The number of aromatic nitrogens is 2. The van der Waals surface area contributed by atoms with E-state index in [4.69, 9.17) is 13.9 Å². The Kier molecular flexibility index (Phi) is 8.08. The maximum absolute atomic E-state index is 10.9. The van der Waals surface area contributed by atoms with Crippen LogP contribution in [0.4, 0.5) is 6.01 Å². The fourth-order valence-electron chi connectivity index (χ4n) is 3.31. The van der Waals surface area contributed by atoms with Crippen LogP contribution in [0.3, 0.4) is 0 Å². The van der Waals surface area contributed by atoms with E-state index in [-0.39, 0.29) is 18.5 Å². The van der Waals surface area contributed by atoms with Gasteiger partial charge in [-0.3, -0.25) is 14.9 Å². The lowest BCUT2D eigenvalue weighted by molar-refractivity contribution is -0.151. The summed E-state index contributed by atoms with van der Waals surface area (Å²) in [6.45, 7) is 2.72. The van der Waals surface area contributed by atoms with Crippen LogP contribution in [0.2, 0.25) is 0 Å². The summed E-state index contributed by atoms with van der Waals surface area (Å²) in [4.78, 5) is 12.6. The van der Waals surface area contributed by atoms with Crippen molar-refractivity contribution in [1.29, 1.82) is 0 Å². The van der Waals surface area contributed by atoms with E-state index in [0.717, 1.165) is 38.5 Å². The molecular formula is C21H28N4O5. The highest BCUT2D eigenvalue weighted by Gasteiger charge is 2.26. The first-order valence-corrected chi connectivity index (χ1v) is 10.2. The largest absolute Gasteiger partial charge is 0.464 e. The van der Waals surface area contributed by atoms with Gasteiger partial charge in [0.1, 0.15) is 12.5 Å². The highest BCUT2D eigenvalue weighted by molar-refractivity contribution is 5.45.